The number of nitrogens with two attached hydrogens (primary N) is 1. The van der Waals surface area contributed by atoms with Crippen molar-refractivity contribution in [3.8, 4) is 11.5 Å². The number of phenols is 2. The number of aldehydes is 1. The molecule has 312 valence electrons. The van der Waals surface area contributed by atoms with Gasteiger partial charge < -0.3 is 21.3 Å². The summed E-state index contributed by atoms with van der Waals surface area (Å²) in [6.07, 6.45) is 7.01. The van der Waals surface area contributed by atoms with E-state index >= 15 is 0 Å². The molecule has 0 saturated heterocycles. The summed E-state index contributed by atoms with van der Waals surface area (Å²) in [5, 5.41) is 28.6. The SMILES string of the molecule is Cc1cc(N)ncc1Cl.Cc1cc(NC(c2cc(Cl)cc(Cl)c2Cl)c2ccc3cccnc3c2O)ncc1Cl.O=Cc1cc(Cl)cc(Cl)c1Cl.Oc1cccc2cccnc12. The molecule has 9 nitrogen and oxygen atoms in total. The van der Waals surface area contributed by atoms with Crippen molar-refractivity contribution in [3.05, 3.63) is 184 Å². The third-order valence-electron chi connectivity index (χ3n) is 8.59. The van der Waals surface area contributed by atoms with E-state index in [1.165, 1.54) is 12.1 Å². The molecule has 1 atom stereocenters. The van der Waals surface area contributed by atoms with Crippen LogP contribution in [-0.2, 0) is 0 Å². The number of halogens is 8. The number of anilines is 2. The third-order valence-corrected chi connectivity index (χ3v) is 11.5. The second-order valence-electron chi connectivity index (χ2n) is 12.9. The van der Waals surface area contributed by atoms with E-state index in [2.05, 4.69) is 25.3 Å². The number of hydrogen-bond donors (Lipinski definition) is 4. The highest BCUT2D eigenvalue weighted by Gasteiger charge is 2.24. The molecule has 0 amide bonds. The van der Waals surface area contributed by atoms with E-state index in [1.54, 1.807) is 55.1 Å². The van der Waals surface area contributed by atoms with Crippen LogP contribution in [0.1, 0.15) is 38.7 Å². The van der Waals surface area contributed by atoms with E-state index < -0.39 is 6.04 Å². The summed E-state index contributed by atoms with van der Waals surface area (Å²) in [4.78, 5) is 26.8. The molecule has 61 heavy (non-hydrogen) atoms. The van der Waals surface area contributed by atoms with Crippen molar-refractivity contribution < 1.29 is 15.0 Å². The van der Waals surface area contributed by atoms with Gasteiger partial charge in [0.1, 0.15) is 34.2 Å². The topological polar surface area (TPSA) is 147 Å². The van der Waals surface area contributed by atoms with Crippen molar-refractivity contribution >= 4 is 133 Å². The number of aryl methyl sites for hydroxylation is 2. The number of benzene rings is 4. The molecule has 0 saturated carbocycles. The van der Waals surface area contributed by atoms with E-state index in [4.69, 9.17) is 98.5 Å². The number of aromatic hydroxyl groups is 2. The molecule has 0 radical (unpaired) electrons. The smallest absolute Gasteiger partial charge is 0.151 e. The van der Waals surface area contributed by atoms with Gasteiger partial charge in [0.2, 0.25) is 0 Å². The Bertz CT molecular complexity index is 2840. The molecule has 5 N–H and O–H groups in total. The fourth-order valence-electron chi connectivity index (χ4n) is 5.56. The van der Waals surface area contributed by atoms with E-state index in [0.29, 0.717) is 80.8 Å². The minimum Gasteiger partial charge on any atom is -0.506 e. The number of para-hydroxylation sites is 1. The number of carbonyl (C=O) groups is 1. The Hall–Kier alpha value is -4.81. The summed E-state index contributed by atoms with van der Waals surface area (Å²) in [6.45, 7) is 3.77. The third kappa shape index (κ3) is 12.4. The fourth-order valence-corrected chi connectivity index (χ4v) is 7.16. The first-order valence-corrected chi connectivity index (χ1v) is 20.7. The molecule has 0 aliphatic heterocycles. The molecule has 0 fully saturated rings. The Morgan fingerprint density at radius 2 is 1.18 bits per heavy atom. The Labute approximate surface area is 391 Å². The lowest BCUT2D eigenvalue weighted by molar-refractivity contribution is 0.112. The maximum atomic E-state index is 11.0. The molecule has 1 unspecified atom stereocenters. The second-order valence-corrected chi connectivity index (χ2v) is 16.1. The van der Waals surface area contributed by atoms with Crippen LogP contribution in [0.3, 0.4) is 0 Å². The van der Waals surface area contributed by atoms with Gasteiger partial charge in [-0.3, -0.25) is 14.8 Å². The zero-order chi connectivity index (χ0) is 44.4. The van der Waals surface area contributed by atoms with Crippen LogP contribution in [0.25, 0.3) is 21.8 Å². The number of carbonyl (C=O) groups excluding carboxylic acids is 1. The summed E-state index contributed by atoms with van der Waals surface area (Å²) in [6, 6.07) is 25.7. The van der Waals surface area contributed by atoms with Crippen LogP contribution in [-0.4, -0.2) is 36.4 Å². The number of nitrogen functional groups attached to an aromatic ring is 1. The van der Waals surface area contributed by atoms with Crippen LogP contribution in [0.4, 0.5) is 11.6 Å². The van der Waals surface area contributed by atoms with Gasteiger partial charge >= 0.3 is 0 Å². The molecule has 0 aliphatic carbocycles. The van der Waals surface area contributed by atoms with Crippen LogP contribution >= 0.6 is 92.8 Å². The number of nitrogens with zero attached hydrogens (tertiary/aromatic N) is 4. The summed E-state index contributed by atoms with van der Waals surface area (Å²) >= 11 is 47.7. The average Bonchev–Trinajstić information content (AvgIpc) is 3.24. The normalized spacial score (nSPS) is 11.0. The average molecular weight is 976 g/mol. The molecule has 8 aromatic rings. The molecule has 4 aromatic heterocycles. The lowest BCUT2D eigenvalue weighted by Gasteiger charge is -2.24. The molecule has 0 aliphatic rings. The van der Waals surface area contributed by atoms with Gasteiger partial charge in [-0.2, -0.15) is 0 Å². The number of fused-ring (bicyclic) bond motifs is 2. The molecule has 0 bridgehead atoms. The molecule has 4 heterocycles. The predicted molar refractivity (Wildman–Crippen MR) is 253 cm³/mol. The fraction of sp³-hybridized carbons (Fsp3) is 0.0682. The lowest BCUT2D eigenvalue weighted by atomic mass is 9.96. The first-order valence-electron chi connectivity index (χ1n) is 17.7. The molecule has 4 aromatic carbocycles. The first-order chi connectivity index (χ1) is 29.1. The predicted octanol–water partition coefficient (Wildman–Crippen LogP) is 14.5. The van der Waals surface area contributed by atoms with E-state index in [0.717, 1.165) is 21.9 Å². The Balaban J connectivity index is 0.000000184. The maximum Gasteiger partial charge on any atom is 0.151 e. The van der Waals surface area contributed by atoms with Gasteiger partial charge in [-0.1, -0.05) is 129 Å². The number of phenolic OH excluding ortho intramolecular Hbond substituents is 2. The summed E-state index contributed by atoms with van der Waals surface area (Å²) < 4.78 is 0. The number of hydrogen-bond acceptors (Lipinski definition) is 9. The zero-order valence-electron chi connectivity index (χ0n) is 31.8. The van der Waals surface area contributed by atoms with Crippen LogP contribution < -0.4 is 11.1 Å². The Morgan fingerprint density at radius 3 is 1.79 bits per heavy atom. The minimum atomic E-state index is -0.604. The van der Waals surface area contributed by atoms with Gasteiger partial charge in [-0.05, 0) is 79.6 Å². The van der Waals surface area contributed by atoms with Gasteiger partial charge in [0.05, 0.1) is 36.2 Å². The van der Waals surface area contributed by atoms with Crippen molar-refractivity contribution in [2.45, 2.75) is 19.9 Å². The maximum absolute atomic E-state index is 11.0. The number of pyridine rings is 4. The molecular formula is C44H32Cl8N6O3. The van der Waals surface area contributed by atoms with Gasteiger partial charge in [0, 0.05) is 62.3 Å². The number of rotatable bonds is 5. The summed E-state index contributed by atoms with van der Waals surface area (Å²) in [7, 11) is 0. The highest BCUT2D eigenvalue weighted by molar-refractivity contribution is 6.45. The standard InChI is InChI=1S/C22H15Cl4N3O.C9H7NO.C7H3Cl3O.C6H7ClN2/c1-11-7-18(28-10-17(11)25)29-21(15-8-13(23)9-16(24)19(15)26)14-5-4-12-3-2-6-27-20(12)22(14)30;11-8-5-1-3-7-4-2-6-10-9(7)8;8-5-1-4(3-11)7(10)6(9)2-5;1-4-2-6(8)9-3-5(4)7/h2-10,21,30H,1H3,(H,28,29);1-6,11H;1-3H;2-3H,1H3,(H2,8,9). The highest BCUT2D eigenvalue weighted by Crippen LogP contribution is 2.42. The van der Waals surface area contributed by atoms with Crippen molar-refractivity contribution in [2.24, 2.45) is 0 Å². The minimum absolute atomic E-state index is 0.0310. The van der Waals surface area contributed by atoms with E-state index in [9.17, 15) is 15.0 Å². The second kappa shape index (κ2) is 21.8. The van der Waals surface area contributed by atoms with Gasteiger partial charge in [-0.25, -0.2) is 9.97 Å². The van der Waals surface area contributed by atoms with Crippen molar-refractivity contribution in [1.82, 2.24) is 19.9 Å². The van der Waals surface area contributed by atoms with Crippen LogP contribution in [0.2, 0.25) is 40.2 Å². The molecule has 17 heteroatoms. The summed E-state index contributed by atoms with van der Waals surface area (Å²) in [5.74, 6) is 1.33. The molecule has 8 rings (SSSR count). The van der Waals surface area contributed by atoms with Crippen LogP contribution in [0.15, 0.2) is 116 Å². The number of aromatic nitrogens is 4. The first kappa shape index (κ1) is 47.2. The largest absolute Gasteiger partial charge is 0.506 e. The lowest BCUT2D eigenvalue weighted by Crippen LogP contribution is -2.14. The van der Waals surface area contributed by atoms with E-state index in [1.807, 2.05) is 62.4 Å². The van der Waals surface area contributed by atoms with Crippen LogP contribution in [0, 0.1) is 13.8 Å². The quantitative estimate of drug-likeness (QED) is 0.0977. The van der Waals surface area contributed by atoms with Gasteiger partial charge in [0.25, 0.3) is 0 Å². The Morgan fingerprint density at radius 1 is 0.607 bits per heavy atom. The van der Waals surface area contributed by atoms with Crippen molar-refractivity contribution in [2.75, 3.05) is 11.1 Å². The molecule has 0 spiro atoms. The monoisotopic (exact) mass is 972 g/mol. The molecular weight excluding hydrogens is 944 g/mol. The Kier molecular flexibility index (Phi) is 16.9. The van der Waals surface area contributed by atoms with E-state index in [-0.39, 0.29) is 16.5 Å². The van der Waals surface area contributed by atoms with Gasteiger partial charge in [-0.15, -0.1) is 0 Å². The van der Waals surface area contributed by atoms with Crippen molar-refractivity contribution in [3.63, 3.8) is 0 Å². The van der Waals surface area contributed by atoms with Crippen LogP contribution in [0.5, 0.6) is 11.5 Å². The zero-order valence-corrected chi connectivity index (χ0v) is 37.9. The highest BCUT2D eigenvalue weighted by atomic mass is 35.5. The summed E-state index contributed by atoms with van der Waals surface area (Å²) in [5.41, 5.74) is 9.77. The number of nitrogens with one attached hydrogen (secondary N) is 1. The van der Waals surface area contributed by atoms with Crippen molar-refractivity contribution in [1.29, 1.82) is 0 Å². The van der Waals surface area contributed by atoms with Gasteiger partial charge in [0.15, 0.2) is 6.29 Å².